The number of aromatic hydroxyl groups is 2. The summed E-state index contributed by atoms with van der Waals surface area (Å²) in [6.45, 7) is 4.02. The van der Waals surface area contributed by atoms with Gasteiger partial charge in [0.05, 0.1) is 0 Å². The number of Topliss-reactive ketones (excluding diaryl/α,β-unsaturated/α-hetero) is 1. The van der Waals surface area contributed by atoms with E-state index in [2.05, 4.69) is 0 Å². The molecule has 0 radical (unpaired) electrons. The first-order valence-corrected chi connectivity index (χ1v) is 6.93. The minimum Gasteiger partial charge on any atom is -0.508 e. The second-order valence-electron chi connectivity index (χ2n) is 6.76. The van der Waals surface area contributed by atoms with Crippen LogP contribution in [-0.2, 0) is 16.6 Å². The summed E-state index contributed by atoms with van der Waals surface area (Å²) in [6, 6.07) is 3.13. The second kappa shape index (κ2) is 3.75. The van der Waals surface area contributed by atoms with Crippen molar-refractivity contribution in [3.8, 4) is 11.5 Å². The molecule has 102 valence electrons. The number of carbonyl (C=O) groups excluding carboxylic acids is 1. The topological polar surface area (TPSA) is 57.5 Å². The zero-order valence-electron chi connectivity index (χ0n) is 11.5. The fourth-order valence-corrected chi connectivity index (χ4v) is 3.73. The van der Waals surface area contributed by atoms with E-state index in [0.717, 1.165) is 36.8 Å². The molecule has 3 rings (SSSR count). The number of benzene rings is 1. The summed E-state index contributed by atoms with van der Waals surface area (Å²) in [6.07, 6.45) is 4.07. The zero-order valence-corrected chi connectivity index (χ0v) is 11.5. The van der Waals surface area contributed by atoms with E-state index in [1.165, 1.54) is 6.07 Å². The molecule has 1 aromatic rings. The lowest BCUT2D eigenvalue weighted by Crippen LogP contribution is -2.40. The number of aryl methyl sites for hydroxylation is 1. The van der Waals surface area contributed by atoms with Crippen LogP contribution < -0.4 is 0 Å². The molecule has 1 aromatic carbocycles. The van der Waals surface area contributed by atoms with E-state index < -0.39 is 0 Å². The maximum Gasteiger partial charge on any atom is 0.139 e. The number of phenols is 2. The molecule has 1 fully saturated rings. The Labute approximate surface area is 113 Å². The highest BCUT2D eigenvalue weighted by Gasteiger charge is 2.49. The Balaban J connectivity index is 2.05. The maximum atomic E-state index is 12.3. The van der Waals surface area contributed by atoms with E-state index in [9.17, 15) is 15.0 Å². The van der Waals surface area contributed by atoms with Crippen molar-refractivity contribution in [3.63, 3.8) is 0 Å². The molecule has 0 unspecified atom stereocenters. The lowest BCUT2D eigenvalue weighted by Gasteiger charge is -2.41. The lowest BCUT2D eigenvalue weighted by molar-refractivity contribution is -0.131. The van der Waals surface area contributed by atoms with Crippen LogP contribution in [0.15, 0.2) is 12.1 Å². The monoisotopic (exact) mass is 260 g/mol. The average Bonchev–Trinajstić information content (AvgIpc) is 2.64. The number of hydrogen-bond donors (Lipinski definition) is 2. The third kappa shape index (κ3) is 1.75. The summed E-state index contributed by atoms with van der Waals surface area (Å²) in [7, 11) is 0. The van der Waals surface area contributed by atoms with Gasteiger partial charge >= 0.3 is 0 Å². The molecule has 1 saturated carbocycles. The highest BCUT2D eigenvalue weighted by Crippen LogP contribution is 2.54. The number of carbonyl (C=O) groups is 1. The normalized spacial score (nSPS) is 28.6. The molecule has 2 aliphatic rings. The fourth-order valence-electron chi connectivity index (χ4n) is 3.73. The minimum absolute atomic E-state index is 0.107. The van der Waals surface area contributed by atoms with Gasteiger partial charge in [0.2, 0.25) is 0 Å². The van der Waals surface area contributed by atoms with Gasteiger partial charge in [-0.25, -0.2) is 0 Å². The van der Waals surface area contributed by atoms with E-state index in [1.807, 2.05) is 13.8 Å². The van der Waals surface area contributed by atoms with E-state index in [-0.39, 0.29) is 22.3 Å². The first-order chi connectivity index (χ1) is 8.84. The van der Waals surface area contributed by atoms with Crippen LogP contribution in [-0.4, -0.2) is 16.0 Å². The smallest absolute Gasteiger partial charge is 0.139 e. The van der Waals surface area contributed by atoms with Crippen molar-refractivity contribution in [2.24, 2.45) is 5.41 Å². The van der Waals surface area contributed by atoms with Crippen LogP contribution >= 0.6 is 0 Å². The summed E-state index contributed by atoms with van der Waals surface area (Å²) < 4.78 is 0. The van der Waals surface area contributed by atoms with Gasteiger partial charge in [-0.2, -0.15) is 0 Å². The Morgan fingerprint density at radius 1 is 1.11 bits per heavy atom. The molecule has 19 heavy (non-hydrogen) atoms. The van der Waals surface area contributed by atoms with Crippen molar-refractivity contribution in [2.45, 2.75) is 51.4 Å². The SMILES string of the molecule is CC1(C)CC[C@@]2(CCc3cc(O)cc(O)c32)CC1=O. The van der Waals surface area contributed by atoms with Crippen molar-refractivity contribution in [1.82, 2.24) is 0 Å². The highest BCUT2D eigenvalue weighted by atomic mass is 16.3. The molecule has 3 nitrogen and oxygen atoms in total. The Morgan fingerprint density at radius 3 is 2.53 bits per heavy atom. The lowest BCUT2D eigenvalue weighted by atomic mass is 9.62. The fraction of sp³-hybridized carbons (Fsp3) is 0.562. The summed E-state index contributed by atoms with van der Waals surface area (Å²) in [4.78, 5) is 12.3. The van der Waals surface area contributed by atoms with Crippen LogP contribution in [0, 0.1) is 5.41 Å². The first-order valence-electron chi connectivity index (χ1n) is 6.93. The van der Waals surface area contributed by atoms with Crippen molar-refractivity contribution in [2.75, 3.05) is 0 Å². The molecule has 2 N–H and O–H groups in total. The quantitative estimate of drug-likeness (QED) is 0.753. The van der Waals surface area contributed by atoms with Crippen LogP contribution in [0.1, 0.15) is 50.7 Å². The third-order valence-corrected chi connectivity index (χ3v) is 5.07. The van der Waals surface area contributed by atoms with Crippen LogP contribution in [0.2, 0.25) is 0 Å². The molecule has 0 saturated heterocycles. The van der Waals surface area contributed by atoms with E-state index in [0.29, 0.717) is 12.2 Å². The number of rotatable bonds is 0. The van der Waals surface area contributed by atoms with Crippen LogP contribution in [0.3, 0.4) is 0 Å². The number of hydrogen-bond acceptors (Lipinski definition) is 3. The molecule has 2 aliphatic carbocycles. The average molecular weight is 260 g/mol. The van der Waals surface area contributed by atoms with Gasteiger partial charge < -0.3 is 10.2 Å². The van der Waals surface area contributed by atoms with E-state index in [1.54, 1.807) is 6.07 Å². The molecule has 1 spiro atoms. The van der Waals surface area contributed by atoms with Gasteiger partial charge in [0, 0.05) is 28.9 Å². The first kappa shape index (κ1) is 12.5. The molecular formula is C16H20O3. The highest BCUT2D eigenvalue weighted by molar-refractivity contribution is 5.87. The number of ketones is 1. The number of phenolic OH excluding ortho intramolecular Hbond substituents is 2. The molecule has 0 aliphatic heterocycles. The van der Waals surface area contributed by atoms with Gasteiger partial charge in [0.1, 0.15) is 17.3 Å². The van der Waals surface area contributed by atoms with Gasteiger partial charge in [0.15, 0.2) is 0 Å². The van der Waals surface area contributed by atoms with Gasteiger partial charge in [-0.05, 0) is 37.3 Å². The Kier molecular flexibility index (Phi) is 2.47. The molecular weight excluding hydrogens is 240 g/mol. The molecule has 0 heterocycles. The van der Waals surface area contributed by atoms with Gasteiger partial charge in [-0.1, -0.05) is 13.8 Å². The molecule has 1 atom stereocenters. The van der Waals surface area contributed by atoms with Crippen LogP contribution in [0.25, 0.3) is 0 Å². The second-order valence-corrected chi connectivity index (χ2v) is 6.76. The van der Waals surface area contributed by atoms with Crippen molar-refractivity contribution in [3.05, 3.63) is 23.3 Å². The van der Waals surface area contributed by atoms with Crippen LogP contribution in [0.4, 0.5) is 0 Å². The van der Waals surface area contributed by atoms with Crippen LogP contribution in [0.5, 0.6) is 11.5 Å². The zero-order chi connectivity index (χ0) is 13.8. The third-order valence-electron chi connectivity index (χ3n) is 5.07. The van der Waals surface area contributed by atoms with Gasteiger partial charge in [0.25, 0.3) is 0 Å². The van der Waals surface area contributed by atoms with Gasteiger partial charge in [-0.15, -0.1) is 0 Å². The Morgan fingerprint density at radius 2 is 1.84 bits per heavy atom. The maximum absolute atomic E-state index is 12.3. The predicted octanol–water partition coefficient (Wildman–Crippen LogP) is 3.06. The summed E-state index contributed by atoms with van der Waals surface area (Å²) in [5, 5.41) is 19.7. The summed E-state index contributed by atoms with van der Waals surface area (Å²) in [5.74, 6) is 0.551. The Bertz CT molecular complexity index is 559. The summed E-state index contributed by atoms with van der Waals surface area (Å²) in [5.41, 5.74) is 1.49. The molecule has 0 bridgehead atoms. The largest absolute Gasteiger partial charge is 0.508 e. The summed E-state index contributed by atoms with van der Waals surface area (Å²) >= 11 is 0. The molecule has 3 heteroatoms. The van der Waals surface area contributed by atoms with Gasteiger partial charge in [-0.3, -0.25) is 4.79 Å². The van der Waals surface area contributed by atoms with Crippen molar-refractivity contribution >= 4 is 5.78 Å². The molecule has 0 amide bonds. The minimum atomic E-state index is -0.236. The standard InChI is InChI=1S/C16H20O3/c1-15(2)5-6-16(9-13(15)19)4-3-10-7-11(17)8-12(18)14(10)16/h7-8,17-18H,3-6,9H2,1-2H3/t16-/m0/s1. The van der Waals surface area contributed by atoms with Crippen molar-refractivity contribution in [1.29, 1.82) is 0 Å². The van der Waals surface area contributed by atoms with Crippen molar-refractivity contribution < 1.29 is 15.0 Å². The predicted molar refractivity (Wildman–Crippen MR) is 72.4 cm³/mol. The number of fused-ring (bicyclic) bond motifs is 2. The molecule has 0 aromatic heterocycles. The van der Waals surface area contributed by atoms with E-state index in [4.69, 9.17) is 0 Å². The Hall–Kier alpha value is -1.51. The van der Waals surface area contributed by atoms with E-state index >= 15 is 0 Å².